The summed E-state index contributed by atoms with van der Waals surface area (Å²) in [4.78, 5) is 5.40. The van der Waals surface area contributed by atoms with E-state index in [1.807, 2.05) is 19.1 Å². The summed E-state index contributed by atoms with van der Waals surface area (Å²) in [6.07, 6.45) is 0. The third kappa shape index (κ3) is 5.78. The Balaban J connectivity index is 2.00. The van der Waals surface area contributed by atoms with Crippen LogP contribution < -0.4 is 10.6 Å². The van der Waals surface area contributed by atoms with Gasteiger partial charge in [-0.2, -0.15) is 0 Å². The van der Waals surface area contributed by atoms with Crippen molar-refractivity contribution in [3.8, 4) is 0 Å². The van der Waals surface area contributed by atoms with Gasteiger partial charge in [0.15, 0.2) is 11.7 Å². The second-order valence-electron chi connectivity index (χ2n) is 6.43. The zero-order valence-corrected chi connectivity index (χ0v) is 17.9. The molecule has 0 radical (unpaired) electrons. The lowest BCUT2D eigenvalue weighted by molar-refractivity contribution is 0.376. The highest BCUT2D eigenvalue weighted by atomic mass is 32.2. The first-order chi connectivity index (χ1) is 12.7. The fourth-order valence-corrected chi connectivity index (χ4v) is 4.58. The smallest absolute Gasteiger partial charge is 0.252 e. The first kappa shape index (κ1) is 21.4. The van der Waals surface area contributed by atoms with E-state index in [0.29, 0.717) is 41.5 Å². The van der Waals surface area contributed by atoms with Gasteiger partial charge in [0, 0.05) is 31.6 Å². The van der Waals surface area contributed by atoms with E-state index in [0.717, 1.165) is 10.6 Å². The topological polar surface area (TPSA) is 99.8 Å². The second-order valence-corrected chi connectivity index (χ2v) is 9.98. The molecule has 0 amide bonds. The predicted molar refractivity (Wildman–Crippen MR) is 107 cm³/mol. The molecule has 0 aromatic carbocycles. The van der Waals surface area contributed by atoms with Gasteiger partial charge in [0.25, 0.3) is 10.0 Å². The molecule has 10 heteroatoms. The quantitative estimate of drug-likeness (QED) is 0.509. The van der Waals surface area contributed by atoms with Crippen LogP contribution >= 0.6 is 11.3 Å². The molecule has 0 aliphatic carbocycles. The van der Waals surface area contributed by atoms with Gasteiger partial charge in [-0.3, -0.25) is 0 Å². The van der Waals surface area contributed by atoms with Crippen molar-refractivity contribution in [3.05, 3.63) is 34.5 Å². The number of hydrogen-bond donors (Lipinski definition) is 2. The number of nitrogens with zero attached hydrogens (tertiary/aromatic N) is 3. The summed E-state index contributed by atoms with van der Waals surface area (Å²) in [6.45, 7) is 7.66. The van der Waals surface area contributed by atoms with Crippen molar-refractivity contribution in [2.24, 2.45) is 4.99 Å². The number of aromatic nitrogens is 1. The number of rotatable bonds is 8. The number of sulfonamides is 1. The molecular weight excluding hydrogens is 386 g/mol. The largest absolute Gasteiger partial charge is 0.359 e. The lowest BCUT2D eigenvalue weighted by Crippen LogP contribution is -2.36. The van der Waals surface area contributed by atoms with E-state index < -0.39 is 10.0 Å². The molecule has 2 N–H and O–H groups in total. The van der Waals surface area contributed by atoms with Crippen LogP contribution in [0.1, 0.15) is 43.0 Å². The van der Waals surface area contributed by atoms with E-state index in [-0.39, 0.29) is 0 Å². The molecule has 2 heterocycles. The van der Waals surface area contributed by atoms with Gasteiger partial charge in [0.05, 0.1) is 12.2 Å². The maximum atomic E-state index is 12.2. The molecule has 27 heavy (non-hydrogen) atoms. The van der Waals surface area contributed by atoms with Crippen molar-refractivity contribution >= 4 is 27.3 Å². The number of nitrogens with one attached hydrogen (secondary N) is 2. The zero-order chi connectivity index (χ0) is 20.0. The Hall–Kier alpha value is -1.91. The van der Waals surface area contributed by atoms with Crippen LogP contribution in [-0.4, -0.2) is 44.5 Å². The van der Waals surface area contributed by atoms with Crippen LogP contribution in [0.25, 0.3) is 0 Å². The van der Waals surface area contributed by atoms with E-state index in [1.165, 1.54) is 29.7 Å². The summed E-state index contributed by atoms with van der Waals surface area (Å²) < 4.78 is 31.2. The minimum Gasteiger partial charge on any atom is -0.359 e. The minimum atomic E-state index is -3.40. The van der Waals surface area contributed by atoms with E-state index in [2.05, 4.69) is 34.6 Å². The molecule has 2 rings (SSSR count). The van der Waals surface area contributed by atoms with Crippen LogP contribution in [0.15, 0.2) is 31.9 Å². The molecule has 0 bridgehead atoms. The van der Waals surface area contributed by atoms with Crippen molar-refractivity contribution in [2.75, 3.05) is 20.6 Å². The van der Waals surface area contributed by atoms with E-state index >= 15 is 0 Å². The monoisotopic (exact) mass is 413 g/mol. The molecule has 0 saturated heterocycles. The maximum Gasteiger partial charge on any atom is 0.252 e. The first-order valence-electron chi connectivity index (χ1n) is 8.73. The average Bonchev–Trinajstić information content (AvgIpc) is 3.27. The normalized spacial score (nSPS) is 12.8. The van der Waals surface area contributed by atoms with E-state index in [9.17, 15) is 8.42 Å². The van der Waals surface area contributed by atoms with Gasteiger partial charge >= 0.3 is 0 Å². The lowest BCUT2D eigenvalue weighted by Gasteiger charge is -2.10. The van der Waals surface area contributed by atoms with E-state index in [4.69, 9.17) is 4.52 Å². The maximum absolute atomic E-state index is 12.2. The third-order valence-corrected chi connectivity index (χ3v) is 7.08. The molecule has 0 unspecified atom stereocenters. The summed E-state index contributed by atoms with van der Waals surface area (Å²) in [7, 11) is -0.347. The van der Waals surface area contributed by atoms with Gasteiger partial charge in [0.1, 0.15) is 10.8 Å². The fraction of sp³-hybridized carbons (Fsp3) is 0.529. The Labute approximate surface area is 164 Å². The number of aliphatic imine (C=N–C) groups is 1. The molecule has 0 fully saturated rings. The molecule has 0 atom stereocenters. The Morgan fingerprint density at radius 2 is 2.07 bits per heavy atom. The van der Waals surface area contributed by atoms with Gasteiger partial charge in [0.2, 0.25) is 0 Å². The van der Waals surface area contributed by atoms with Crippen molar-refractivity contribution in [3.63, 3.8) is 0 Å². The highest BCUT2D eigenvalue weighted by Crippen LogP contribution is 2.23. The van der Waals surface area contributed by atoms with Crippen LogP contribution in [-0.2, 0) is 23.1 Å². The Bertz CT molecular complexity index is 869. The van der Waals surface area contributed by atoms with Crippen LogP contribution in [0.2, 0.25) is 0 Å². The number of hydrogen-bond acceptors (Lipinski definition) is 6. The highest BCUT2D eigenvalue weighted by Gasteiger charge is 2.19. The molecule has 0 aliphatic heterocycles. The van der Waals surface area contributed by atoms with Gasteiger partial charge < -0.3 is 15.2 Å². The molecule has 0 saturated carbocycles. The molecule has 0 aliphatic rings. The number of thiophene rings is 1. The van der Waals surface area contributed by atoms with Crippen LogP contribution in [0.4, 0.5) is 0 Å². The Morgan fingerprint density at radius 1 is 1.33 bits per heavy atom. The molecular formula is C17H27N5O3S2. The van der Waals surface area contributed by atoms with Gasteiger partial charge in [-0.15, -0.1) is 11.3 Å². The third-order valence-electron chi connectivity index (χ3n) is 3.71. The molecule has 0 spiro atoms. The summed E-state index contributed by atoms with van der Waals surface area (Å²) in [5.41, 5.74) is 0.909. The Morgan fingerprint density at radius 3 is 2.67 bits per heavy atom. The van der Waals surface area contributed by atoms with Gasteiger partial charge in [-0.05, 0) is 25.0 Å². The zero-order valence-electron chi connectivity index (χ0n) is 16.3. The summed E-state index contributed by atoms with van der Waals surface area (Å²) in [6, 6.07) is 5.35. The first-order valence-corrected chi connectivity index (χ1v) is 11.0. The highest BCUT2D eigenvalue weighted by molar-refractivity contribution is 7.91. The minimum absolute atomic E-state index is 0.310. The van der Waals surface area contributed by atoms with Crippen LogP contribution in [0, 0.1) is 0 Å². The van der Waals surface area contributed by atoms with Gasteiger partial charge in [-0.1, -0.05) is 19.0 Å². The lowest BCUT2D eigenvalue weighted by atomic mass is 10.1. The standard InChI is InChI=1S/C17H27N5O3S2/c1-6-18-17(19-10-13-9-15(12(2)3)21-25-13)20-11-14-7-8-16(26-14)27(23,24)22(4)5/h7-9,12H,6,10-11H2,1-5H3,(H2,18,19,20). The molecule has 8 nitrogen and oxygen atoms in total. The Kier molecular flexibility index (Phi) is 7.40. The van der Waals surface area contributed by atoms with E-state index in [1.54, 1.807) is 6.07 Å². The van der Waals surface area contributed by atoms with Crippen molar-refractivity contribution in [1.29, 1.82) is 0 Å². The van der Waals surface area contributed by atoms with Crippen molar-refractivity contribution in [2.45, 2.75) is 44.0 Å². The summed E-state index contributed by atoms with van der Waals surface area (Å²) in [5.74, 6) is 1.64. The van der Waals surface area contributed by atoms with Gasteiger partial charge in [-0.25, -0.2) is 17.7 Å². The molecule has 2 aromatic rings. The molecule has 2 aromatic heterocycles. The van der Waals surface area contributed by atoms with Crippen LogP contribution in [0.5, 0.6) is 0 Å². The van der Waals surface area contributed by atoms with Crippen molar-refractivity contribution in [1.82, 2.24) is 20.1 Å². The average molecular weight is 414 g/mol. The second kappa shape index (κ2) is 9.34. The number of guanidine groups is 1. The fourth-order valence-electron chi connectivity index (χ4n) is 2.12. The predicted octanol–water partition coefficient (Wildman–Crippen LogP) is 2.37. The summed E-state index contributed by atoms with van der Waals surface area (Å²) >= 11 is 1.25. The molecule has 150 valence electrons. The van der Waals surface area contributed by atoms with Crippen molar-refractivity contribution < 1.29 is 12.9 Å². The SMILES string of the molecule is CCNC(=NCc1cc(C(C)C)no1)NCc1ccc(S(=O)(=O)N(C)C)s1. The summed E-state index contributed by atoms with van der Waals surface area (Å²) in [5, 5.41) is 10.4. The van der Waals surface area contributed by atoms with Crippen LogP contribution in [0.3, 0.4) is 0 Å².